The first kappa shape index (κ1) is 23.7. The molecular formula is C22H22N4O6S. The molecule has 3 N–H and O–H groups in total. The van der Waals surface area contributed by atoms with E-state index in [0.717, 1.165) is 11.3 Å². The summed E-state index contributed by atoms with van der Waals surface area (Å²) >= 11 is 1.13. The zero-order valence-electron chi connectivity index (χ0n) is 18.1. The van der Waals surface area contributed by atoms with Crippen LogP contribution in [0.15, 0.2) is 41.8 Å². The van der Waals surface area contributed by atoms with Crippen LogP contribution in [0.25, 0.3) is 0 Å². The fourth-order valence-electron chi connectivity index (χ4n) is 2.67. The maximum atomic E-state index is 12.8. The Balaban J connectivity index is 1.80. The molecule has 2 aromatic heterocycles. The van der Waals surface area contributed by atoms with Crippen molar-refractivity contribution >= 4 is 39.9 Å². The van der Waals surface area contributed by atoms with Gasteiger partial charge in [0.15, 0.2) is 5.13 Å². The molecule has 11 heteroatoms. The number of carbonyl (C=O) groups excluding carboxylic acids is 2. The van der Waals surface area contributed by atoms with Crippen LogP contribution in [0.3, 0.4) is 0 Å². The number of hydrogen-bond acceptors (Lipinski definition) is 8. The number of anilines is 2. The Hall–Kier alpha value is -3.99. The molecule has 2 heterocycles. The third-order valence-electron chi connectivity index (χ3n) is 3.90. The van der Waals surface area contributed by atoms with E-state index in [-0.39, 0.29) is 40.9 Å². The van der Waals surface area contributed by atoms with Gasteiger partial charge in [-0.05, 0) is 38.1 Å². The number of amides is 2. The number of carboxylic acid groups (broad SMARTS) is 1. The van der Waals surface area contributed by atoms with E-state index in [4.69, 9.17) is 14.6 Å². The highest BCUT2D eigenvalue weighted by Gasteiger charge is 2.15. The van der Waals surface area contributed by atoms with Crippen LogP contribution in [0.5, 0.6) is 17.5 Å². The van der Waals surface area contributed by atoms with Crippen molar-refractivity contribution in [3.63, 3.8) is 0 Å². The highest BCUT2D eigenvalue weighted by atomic mass is 32.1. The summed E-state index contributed by atoms with van der Waals surface area (Å²) in [5, 5.41) is 16.0. The molecule has 3 aromatic rings. The Morgan fingerprint density at radius 3 is 2.39 bits per heavy atom. The van der Waals surface area contributed by atoms with Crippen LogP contribution >= 0.6 is 11.3 Å². The summed E-state index contributed by atoms with van der Waals surface area (Å²) < 4.78 is 11.4. The second-order valence-corrected chi connectivity index (χ2v) is 8.03. The van der Waals surface area contributed by atoms with Crippen molar-refractivity contribution in [2.75, 3.05) is 10.6 Å². The molecule has 0 saturated heterocycles. The van der Waals surface area contributed by atoms with Crippen LogP contribution in [-0.2, 0) is 16.0 Å². The topological polar surface area (TPSA) is 140 Å². The molecular weight excluding hydrogens is 448 g/mol. The fraction of sp³-hybridized carbons (Fsp3) is 0.227. The molecule has 0 spiro atoms. The van der Waals surface area contributed by atoms with Crippen molar-refractivity contribution in [2.45, 2.75) is 33.3 Å². The molecule has 0 aliphatic heterocycles. The van der Waals surface area contributed by atoms with E-state index in [2.05, 4.69) is 20.6 Å². The Kier molecular flexibility index (Phi) is 7.57. The second kappa shape index (κ2) is 10.6. The van der Waals surface area contributed by atoms with Crippen molar-refractivity contribution < 1.29 is 29.0 Å². The minimum atomic E-state index is -1.00. The van der Waals surface area contributed by atoms with Crippen LogP contribution in [0.2, 0.25) is 0 Å². The van der Waals surface area contributed by atoms with Gasteiger partial charge >= 0.3 is 5.97 Å². The lowest BCUT2D eigenvalue weighted by Gasteiger charge is -2.13. The summed E-state index contributed by atoms with van der Waals surface area (Å²) in [6.45, 7) is 5.07. The van der Waals surface area contributed by atoms with E-state index in [1.54, 1.807) is 29.6 Å². The van der Waals surface area contributed by atoms with Crippen molar-refractivity contribution in [2.24, 2.45) is 0 Å². The average molecular weight is 471 g/mol. The van der Waals surface area contributed by atoms with Gasteiger partial charge < -0.3 is 19.9 Å². The molecule has 0 atom stereocenters. The number of nitrogens with one attached hydrogen (secondary N) is 2. The van der Waals surface area contributed by atoms with Gasteiger partial charge in [0, 0.05) is 30.1 Å². The zero-order chi connectivity index (χ0) is 24.0. The van der Waals surface area contributed by atoms with Crippen molar-refractivity contribution in [3.8, 4) is 17.5 Å². The third kappa shape index (κ3) is 7.28. The molecule has 0 fully saturated rings. The predicted octanol–water partition coefficient (Wildman–Crippen LogP) is 3.96. The van der Waals surface area contributed by atoms with Gasteiger partial charge in [-0.15, -0.1) is 11.3 Å². The Morgan fingerprint density at radius 1 is 1.06 bits per heavy atom. The summed E-state index contributed by atoms with van der Waals surface area (Å²) in [7, 11) is 0. The first-order chi connectivity index (χ1) is 15.7. The average Bonchev–Trinajstić information content (AvgIpc) is 3.14. The summed E-state index contributed by atoms with van der Waals surface area (Å²) in [4.78, 5) is 43.2. The highest BCUT2D eigenvalue weighted by Crippen LogP contribution is 2.26. The number of rotatable bonds is 9. The summed E-state index contributed by atoms with van der Waals surface area (Å²) in [6, 6.07) is 9.60. The Bertz CT molecular complexity index is 1160. The number of pyridine rings is 1. The quantitative estimate of drug-likeness (QED) is 0.427. The highest BCUT2D eigenvalue weighted by molar-refractivity contribution is 7.14. The van der Waals surface area contributed by atoms with Crippen LogP contribution in [0.4, 0.5) is 10.8 Å². The van der Waals surface area contributed by atoms with E-state index < -0.39 is 11.9 Å². The van der Waals surface area contributed by atoms with Gasteiger partial charge in [0.05, 0.1) is 23.8 Å². The van der Waals surface area contributed by atoms with E-state index in [1.807, 2.05) is 13.8 Å². The number of carbonyl (C=O) groups is 3. The maximum absolute atomic E-state index is 12.8. The SMILES string of the molecule is CC(=O)Nc1ccc(Oc2cc(C(=O)Nc3nc(CC(=O)O)cs3)cc(OC(C)C)n2)cc1. The molecule has 10 nitrogen and oxygen atoms in total. The largest absolute Gasteiger partial charge is 0.481 e. The molecule has 33 heavy (non-hydrogen) atoms. The number of ether oxygens (including phenoxy) is 2. The number of hydrogen-bond donors (Lipinski definition) is 3. The lowest BCUT2D eigenvalue weighted by molar-refractivity contribution is -0.136. The van der Waals surface area contributed by atoms with E-state index >= 15 is 0 Å². The first-order valence-electron chi connectivity index (χ1n) is 9.89. The third-order valence-corrected chi connectivity index (χ3v) is 4.71. The number of nitrogens with zero attached hydrogens (tertiary/aromatic N) is 2. The molecule has 2 amide bonds. The molecule has 172 valence electrons. The number of benzene rings is 1. The van der Waals surface area contributed by atoms with E-state index in [9.17, 15) is 14.4 Å². The van der Waals surface area contributed by atoms with Gasteiger partial charge in [-0.25, -0.2) is 4.98 Å². The molecule has 0 bridgehead atoms. The number of thiazole rings is 1. The molecule has 0 aliphatic rings. The number of aromatic nitrogens is 2. The normalized spacial score (nSPS) is 10.5. The van der Waals surface area contributed by atoms with E-state index in [1.165, 1.54) is 19.1 Å². The fourth-order valence-corrected chi connectivity index (χ4v) is 3.37. The van der Waals surface area contributed by atoms with Crippen LogP contribution < -0.4 is 20.1 Å². The zero-order valence-corrected chi connectivity index (χ0v) is 18.9. The maximum Gasteiger partial charge on any atom is 0.309 e. The van der Waals surface area contributed by atoms with Crippen LogP contribution in [0, 0.1) is 0 Å². The van der Waals surface area contributed by atoms with Crippen LogP contribution in [0.1, 0.15) is 36.8 Å². The Morgan fingerprint density at radius 2 is 1.76 bits per heavy atom. The molecule has 1 aromatic carbocycles. The molecule has 3 rings (SSSR count). The minimum absolute atomic E-state index is 0.135. The monoisotopic (exact) mass is 470 g/mol. The molecule has 0 saturated carbocycles. The second-order valence-electron chi connectivity index (χ2n) is 7.18. The summed E-state index contributed by atoms with van der Waals surface area (Å²) in [5.74, 6) is -0.884. The van der Waals surface area contributed by atoms with Crippen molar-refractivity contribution in [1.29, 1.82) is 0 Å². The minimum Gasteiger partial charge on any atom is -0.481 e. The lowest BCUT2D eigenvalue weighted by Crippen LogP contribution is -2.14. The van der Waals surface area contributed by atoms with Gasteiger partial charge in [-0.3, -0.25) is 19.7 Å². The standard InChI is InChI=1S/C22H22N4O6S/c1-12(2)31-18-8-14(21(30)26-22-24-16(11-33-22)10-20(28)29)9-19(25-18)32-17-6-4-15(5-7-17)23-13(3)27/h4-9,11-12H,10H2,1-3H3,(H,23,27)(H,28,29)(H,24,26,30). The van der Waals surface area contributed by atoms with Crippen molar-refractivity contribution in [1.82, 2.24) is 9.97 Å². The van der Waals surface area contributed by atoms with Gasteiger partial charge in [-0.2, -0.15) is 4.98 Å². The Labute approximate surface area is 193 Å². The lowest BCUT2D eigenvalue weighted by atomic mass is 10.2. The molecule has 0 aliphatic carbocycles. The molecule has 0 unspecified atom stereocenters. The van der Waals surface area contributed by atoms with Gasteiger partial charge in [0.25, 0.3) is 5.91 Å². The molecule has 0 radical (unpaired) electrons. The van der Waals surface area contributed by atoms with Gasteiger partial charge in [-0.1, -0.05) is 0 Å². The summed E-state index contributed by atoms with van der Waals surface area (Å²) in [5.41, 5.74) is 1.19. The van der Waals surface area contributed by atoms with Gasteiger partial charge in [0.2, 0.25) is 17.7 Å². The van der Waals surface area contributed by atoms with E-state index in [0.29, 0.717) is 17.1 Å². The van der Waals surface area contributed by atoms with Crippen molar-refractivity contribution in [3.05, 3.63) is 53.0 Å². The number of aliphatic carboxylic acids is 1. The van der Waals surface area contributed by atoms with Crippen LogP contribution in [-0.4, -0.2) is 39.0 Å². The number of carboxylic acids is 1. The first-order valence-corrected chi connectivity index (χ1v) is 10.8. The van der Waals surface area contributed by atoms with Gasteiger partial charge in [0.1, 0.15) is 5.75 Å². The predicted molar refractivity (Wildman–Crippen MR) is 122 cm³/mol. The summed E-state index contributed by atoms with van der Waals surface area (Å²) in [6.07, 6.45) is -0.412. The smallest absolute Gasteiger partial charge is 0.309 e.